The molecule has 0 bridgehead atoms. The Hall–Kier alpha value is -2.11. The molecular weight excluding hydrogens is 236 g/mol. The third-order valence-corrected chi connectivity index (χ3v) is 2.03. The quantitative estimate of drug-likeness (QED) is 0.776. The molecule has 18 heavy (non-hydrogen) atoms. The highest BCUT2D eigenvalue weighted by Crippen LogP contribution is 2.23. The van der Waals surface area contributed by atoms with Crippen molar-refractivity contribution in [2.24, 2.45) is 0 Å². The van der Waals surface area contributed by atoms with Crippen LogP contribution in [0.15, 0.2) is 6.08 Å². The zero-order valence-corrected chi connectivity index (χ0v) is 10.6. The lowest BCUT2D eigenvalue weighted by Gasteiger charge is -2.10. The second-order valence-electron chi connectivity index (χ2n) is 3.35. The Balaban J connectivity index is 3.17. The number of ether oxygens (including phenoxy) is 2. The summed E-state index contributed by atoms with van der Waals surface area (Å²) in [5.74, 6) is -0.711. The molecule has 6 nitrogen and oxygen atoms in total. The summed E-state index contributed by atoms with van der Waals surface area (Å²) in [7, 11) is 0. The summed E-state index contributed by atoms with van der Waals surface area (Å²) < 4.78 is 10.6. The molecule has 98 valence electrons. The Morgan fingerprint density at radius 3 is 2.50 bits per heavy atom. The lowest BCUT2D eigenvalue weighted by Crippen LogP contribution is -2.05. The molecule has 0 aliphatic heterocycles. The third kappa shape index (κ3) is 3.73. The lowest BCUT2D eigenvalue weighted by molar-refractivity contribution is -0.131. The summed E-state index contributed by atoms with van der Waals surface area (Å²) >= 11 is 0. The van der Waals surface area contributed by atoms with Crippen molar-refractivity contribution >= 4 is 12.0 Å². The van der Waals surface area contributed by atoms with Crippen LogP contribution < -0.4 is 9.47 Å². The SMILES string of the molecule is CCOc1nc(C)c(C=CC(=O)O)c(OCC)n1. The zero-order chi connectivity index (χ0) is 13.5. The van der Waals surface area contributed by atoms with Gasteiger partial charge in [0.05, 0.1) is 24.5 Å². The number of aromatic nitrogens is 2. The average Bonchev–Trinajstić information content (AvgIpc) is 2.28. The number of carbonyl (C=O) groups is 1. The Morgan fingerprint density at radius 1 is 1.28 bits per heavy atom. The fourth-order valence-electron chi connectivity index (χ4n) is 1.32. The van der Waals surface area contributed by atoms with Crippen LogP contribution in [0.1, 0.15) is 25.1 Å². The molecule has 1 aromatic heterocycles. The first-order chi connectivity index (χ1) is 8.58. The van der Waals surface area contributed by atoms with Crippen molar-refractivity contribution in [1.82, 2.24) is 9.97 Å². The fraction of sp³-hybridized carbons (Fsp3) is 0.417. The Bertz CT molecular complexity index is 458. The fourth-order valence-corrected chi connectivity index (χ4v) is 1.32. The van der Waals surface area contributed by atoms with Gasteiger partial charge in [-0.15, -0.1) is 0 Å². The molecule has 1 rings (SSSR count). The van der Waals surface area contributed by atoms with E-state index in [-0.39, 0.29) is 6.01 Å². The number of nitrogens with zero attached hydrogens (tertiary/aromatic N) is 2. The molecule has 0 fully saturated rings. The van der Waals surface area contributed by atoms with Gasteiger partial charge in [0.15, 0.2) is 0 Å². The van der Waals surface area contributed by atoms with E-state index >= 15 is 0 Å². The molecule has 0 atom stereocenters. The zero-order valence-electron chi connectivity index (χ0n) is 10.6. The van der Waals surface area contributed by atoms with E-state index in [9.17, 15) is 4.79 Å². The van der Waals surface area contributed by atoms with E-state index < -0.39 is 5.97 Å². The molecule has 0 saturated heterocycles. The Kier molecular flexibility index (Phi) is 5.10. The molecule has 1 heterocycles. The van der Waals surface area contributed by atoms with Gasteiger partial charge >= 0.3 is 12.0 Å². The molecule has 1 N–H and O–H groups in total. The predicted molar refractivity (Wildman–Crippen MR) is 65.8 cm³/mol. The van der Waals surface area contributed by atoms with Gasteiger partial charge in [-0.1, -0.05) is 0 Å². The first kappa shape index (κ1) is 14.0. The summed E-state index contributed by atoms with van der Waals surface area (Å²) in [5.41, 5.74) is 1.15. The van der Waals surface area contributed by atoms with Crippen molar-refractivity contribution in [3.8, 4) is 11.9 Å². The standard InChI is InChI=1S/C12H16N2O4/c1-4-17-11-9(6-7-10(15)16)8(3)13-12(14-11)18-5-2/h6-7H,4-5H2,1-3H3,(H,15,16). The predicted octanol–water partition coefficient (Wildman–Crippen LogP) is 1.68. The molecule has 6 heteroatoms. The molecule has 0 unspecified atom stereocenters. The van der Waals surface area contributed by atoms with E-state index in [2.05, 4.69) is 9.97 Å². The summed E-state index contributed by atoms with van der Waals surface area (Å²) in [6.07, 6.45) is 2.44. The molecular formula is C12H16N2O4. The van der Waals surface area contributed by atoms with Crippen molar-refractivity contribution in [2.45, 2.75) is 20.8 Å². The lowest BCUT2D eigenvalue weighted by atomic mass is 10.2. The second-order valence-corrected chi connectivity index (χ2v) is 3.35. The number of carboxylic acid groups (broad SMARTS) is 1. The summed E-state index contributed by atoms with van der Waals surface area (Å²) in [5, 5.41) is 8.63. The van der Waals surface area contributed by atoms with E-state index in [1.807, 2.05) is 13.8 Å². The van der Waals surface area contributed by atoms with Crippen LogP contribution in [0.25, 0.3) is 6.08 Å². The maximum Gasteiger partial charge on any atom is 0.328 e. The van der Waals surface area contributed by atoms with Gasteiger partial charge in [0.1, 0.15) is 0 Å². The van der Waals surface area contributed by atoms with Crippen LogP contribution >= 0.6 is 0 Å². The van der Waals surface area contributed by atoms with Crippen LogP contribution in [-0.2, 0) is 4.79 Å². The van der Waals surface area contributed by atoms with Gasteiger partial charge in [0.2, 0.25) is 5.88 Å². The number of carboxylic acids is 1. The van der Waals surface area contributed by atoms with Crippen LogP contribution in [-0.4, -0.2) is 34.3 Å². The second kappa shape index (κ2) is 6.58. The first-order valence-corrected chi connectivity index (χ1v) is 5.63. The van der Waals surface area contributed by atoms with Crippen LogP contribution in [0, 0.1) is 6.92 Å². The van der Waals surface area contributed by atoms with E-state index in [0.717, 1.165) is 6.08 Å². The van der Waals surface area contributed by atoms with Crippen molar-refractivity contribution < 1.29 is 19.4 Å². The number of aliphatic carboxylic acids is 1. The maximum absolute atomic E-state index is 10.5. The van der Waals surface area contributed by atoms with Crippen LogP contribution in [0.3, 0.4) is 0 Å². The van der Waals surface area contributed by atoms with Gasteiger partial charge in [0, 0.05) is 6.08 Å². The van der Waals surface area contributed by atoms with Gasteiger partial charge in [-0.25, -0.2) is 4.79 Å². The van der Waals surface area contributed by atoms with Gasteiger partial charge in [-0.2, -0.15) is 9.97 Å². The average molecular weight is 252 g/mol. The molecule has 0 amide bonds. The van der Waals surface area contributed by atoms with Gasteiger partial charge < -0.3 is 14.6 Å². The molecule has 0 radical (unpaired) electrons. The molecule has 0 aliphatic carbocycles. The number of hydrogen-bond donors (Lipinski definition) is 1. The summed E-state index contributed by atoms with van der Waals surface area (Å²) in [6, 6.07) is 0.228. The number of hydrogen-bond acceptors (Lipinski definition) is 5. The van der Waals surface area contributed by atoms with Crippen molar-refractivity contribution in [1.29, 1.82) is 0 Å². The van der Waals surface area contributed by atoms with Gasteiger partial charge in [-0.3, -0.25) is 0 Å². The minimum atomic E-state index is -1.04. The third-order valence-electron chi connectivity index (χ3n) is 2.03. The van der Waals surface area contributed by atoms with Crippen LogP contribution in [0.5, 0.6) is 11.9 Å². The van der Waals surface area contributed by atoms with Crippen molar-refractivity contribution in [3.05, 3.63) is 17.3 Å². The molecule has 0 aromatic carbocycles. The van der Waals surface area contributed by atoms with Crippen molar-refractivity contribution in [3.63, 3.8) is 0 Å². The monoisotopic (exact) mass is 252 g/mol. The first-order valence-electron chi connectivity index (χ1n) is 5.63. The minimum absolute atomic E-state index is 0.228. The molecule has 0 spiro atoms. The minimum Gasteiger partial charge on any atom is -0.478 e. The highest BCUT2D eigenvalue weighted by Gasteiger charge is 2.11. The van der Waals surface area contributed by atoms with E-state index in [0.29, 0.717) is 30.4 Å². The van der Waals surface area contributed by atoms with Crippen LogP contribution in [0.2, 0.25) is 0 Å². The summed E-state index contributed by atoms with van der Waals surface area (Å²) in [6.45, 7) is 6.28. The number of aryl methyl sites for hydroxylation is 1. The maximum atomic E-state index is 10.5. The highest BCUT2D eigenvalue weighted by atomic mass is 16.5. The normalized spacial score (nSPS) is 10.6. The van der Waals surface area contributed by atoms with E-state index in [4.69, 9.17) is 14.6 Å². The number of rotatable bonds is 6. The smallest absolute Gasteiger partial charge is 0.328 e. The van der Waals surface area contributed by atoms with E-state index in [1.54, 1.807) is 6.92 Å². The Morgan fingerprint density at radius 2 is 1.94 bits per heavy atom. The van der Waals surface area contributed by atoms with Crippen molar-refractivity contribution in [2.75, 3.05) is 13.2 Å². The highest BCUT2D eigenvalue weighted by molar-refractivity contribution is 5.86. The van der Waals surface area contributed by atoms with Gasteiger partial charge in [-0.05, 0) is 26.8 Å². The van der Waals surface area contributed by atoms with Crippen LogP contribution in [0.4, 0.5) is 0 Å². The largest absolute Gasteiger partial charge is 0.478 e. The molecule has 0 aliphatic rings. The Labute approximate surface area is 105 Å². The topological polar surface area (TPSA) is 81.5 Å². The van der Waals surface area contributed by atoms with Gasteiger partial charge in [0.25, 0.3) is 0 Å². The molecule has 1 aromatic rings. The van der Waals surface area contributed by atoms with E-state index in [1.165, 1.54) is 6.08 Å². The summed E-state index contributed by atoms with van der Waals surface area (Å²) in [4.78, 5) is 18.7. The molecule has 0 saturated carbocycles.